The summed E-state index contributed by atoms with van der Waals surface area (Å²) in [5.41, 5.74) is 2.76. The van der Waals surface area contributed by atoms with E-state index in [-0.39, 0.29) is 5.56 Å². The quantitative estimate of drug-likeness (QED) is 0.225. The summed E-state index contributed by atoms with van der Waals surface area (Å²) >= 11 is 0. The predicted molar refractivity (Wildman–Crippen MR) is 105 cm³/mol. The molecule has 4 aromatic rings. The number of carbonyl (C=O) groups is 3. The van der Waals surface area contributed by atoms with Crippen molar-refractivity contribution in [1.29, 1.82) is 0 Å². The molecule has 5 heteroatoms. The average molecular weight is 367 g/mol. The zero-order valence-electron chi connectivity index (χ0n) is 15.0. The Labute approximate surface area is 160 Å². The Morgan fingerprint density at radius 1 is 0.786 bits per heavy atom. The standard InChI is InChI=1S/C23H15N2O3/c1-24-17-11-5-2-8-14(17)20(15-9-3-6-12-18(15)24)22(27)25-19-13-7-4-10-16(19)21(26)23(25)28/h2-13H,1H3/q+1. The highest BCUT2D eigenvalue weighted by Crippen LogP contribution is 2.33. The van der Waals surface area contributed by atoms with Gasteiger partial charge in [0.1, 0.15) is 7.05 Å². The third kappa shape index (κ3) is 2.07. The summed E-state index contributed by atoms with van der Waals surface area (Å²) in [5, 5.41) is 1.47. The fourth-order valence-electron chi connectivity index (χ4n) is 3.96. The highest BCUT2D eigenvalue weighted by Gasteiger charge is 2.41. The van der Waals surface area contributed by atoms with Gasteiger partial charge in [-0.15, -0.1) is 0 Å². The van der Waals surface area contributed by atoms with Crippen LogP contribution in [0.5, 0.6) is 0 Å². The highest BCUT2D eigenvalue weighted by atomic mass is 16.2. The van der Waals surface area contributed by atoms with Crippen LogP contribution in [0.2, 0.25) is 0 Å². The van der Waals surface area contributed by atoms with Gasteiger partial charge >= 0.3 is 5.91 Å². The number of fused-ring (bicyclic) bond motifs is 3. The maximum Gasteiger partial charge on any atom is 0.306 e. The molecule has 134 valence electrons. The number of Topliss-reactive ketones (excluding diaryl/α,β-unsaturated/α-hetero) is 1. The van der Waals surface area contributed by atoms with Crippen LogP contribution in [0.1, 0.15) is 20.7 Å². The monoisotopic (exact) mass is 367 g/mol. The summed E-state index contributed by atoms with van der Waals surface area (Å²) in [4.78, 5) is 39.7. The van der Waals surface area contributed by atoms with Gasteiger partial charge in [0.2, 0.25) is 11.0 Å². The molecular formula is C23H15N2O3+. The smallest absolute Gasteiger partial charge is 0.283 e. The summed E-state index contributed by atoms with van der Waals surface area (Å²) in [6.07, 6.45) is 0. The molecule has 28 heavy (non-hydrogen) atoms. The van der Waals surface area contributed by atoms with Crippen molar-refractivity contribution in [3.05, 3.63) is 83.9 Å². The molecule has 0 saturated heterocycles. The number of hydrogen-bond acceptors (Lipinski definition) is 3. The largest absolute Gasteiger partial charge is 0.306 e. The van der Waals surface area contributed by atoms with Crippen molar-refractivity contribution in [3.63, 3.8) is 0 Å². The van der Waals surface area contributed by atoms with E-state index in [0.717, 1.165) is 26.7 Å². The van der Waals surface area contributed by atoms with Gasteiger partial charge in [-0.2, -0.15) is 4.57 Å². The molecule has 1 aliphatic heterocycles. The first-order valence-corrected chi connectivity index (χ1v) is 8.91. The minimum Gasteiger partial charge on any atom is -0.283 e. The number of ketones is 1. The molecule has 5 rings (SSSR count). The Balaban J connectivity index is 1.85. The molecule has 2 heterocycles. The van der Waals surface area contributed by atoms with E-state index >= 15 is 0 Å². The highest BCUT2D eigenvalue weighted by molar-refractivity contribution is 6.57. The lowest BCUT2D eigenvalue weighted by Crippen LogP contribution is -2.38. The predicted octanol–water partition coefficient (Wildman–Crippen LogP) is 3.19. The fraction of sp³-hybridized carbons (Fsp3) is 0.0435. The molecule has 0 aliphatic carbocycles. The van der Waals surface area contributed by atoms with Crippen molar-refractivity contribution in [1.82, 2.24) is 0 Å². The number of nitrogens with zero attached hydrogens (tertiary/aromatic N) is 2. The number of rotatable bonds is 1. The van der Waals surface area contributed by atoms with Crippen molar-refractivity contribution in [3.8, 4) is 0 Å². The third-order valence-electron chi connectivity index (χ3n) is 5.27. The number of aryl methyl sites for hydroxylation is 1. The van der Waals surface area contributed by atoms with Crippen LogP contribution in [-0.4, -0.2) is 17.6 Å². The molecule has 1 aromatic heterocycles. The van der Waals surface area contributed by atoms with Crippen LogP contribution in [0.4, 0.5) is 5.69 Å². The molecule has 0 fully saturated rings. The maximum absolute atomic E-state index is 13.6. The van der Waals surface area contributed by atoms with E-state index in [0.29, 0.717) is 11.3 Å². The van der Waals surface area contributed by atoms with E-state index in [1.165, 1.54) is 0 Å². The van der Waals surface area contributed by atoms with Gasteiger partial charge in [0, 0.05) is 12.1 Å². The van der Waals surface area contributed by atoms with Crippen LogP contribution < -0.4 is 9.47 Å². The van der Waals surface area contributed by atoms with Gasteiger partial charge in [0.15, 0.2) is 0 Å². The van der Waals surface area contributed by atoms with Crippen LogP contribution in [0.3, 0.4) is 0 Å². The minimum absolute atomic E-state index is 0.260. The molecule has 3 aromatic carbocycles. The lowest BCUT2D eigenvalue weighted by atomic mass is 10.0. The van der Waals surface area contributed by atoms with Gasteiger partial charge in [0.25, 0.3) is 11.7 Å². The molecule has 0 spiro atoms. The second-order valence-corrected chi connectivity index (χ2v) is 6.76. The van der Waals surface area contributed by atoms with Crippen molar-refractivity contribution < 1.29 is 19.0 Å². The van der Waals surface area contributed by atoms with E-state index in [2.05, 4.69) is 0 Å². The Bertz CT molecular complexity index is 1280. The molecule has 0 N–H and O–H groups in total. The number of anilines is 1. The molecular weight excluding hydrogens is 352 g/mol. The molecule has 0 atom stereocenters. The number of para-hydroxylation sites is 3. The van der Waals surface area contributed by atoms with E-state index in [1.807, 2.05) is 60.1 Å². The molecule has 0 saturated carbocycles. The summed E-state index contributed by atoms with van der Waals surface area (Å²) in [5.74, 6) is -1.96. The van der Waals surface area contributed by atoms with E-state index in [1.54, 1.807) is 24.3 Å². The van der Waals surface area contributed by atoms with Crippen LogP contribution in [-0.2, 0) is 11.8 Å². The maximum atomic E-state index is 13.6. The van der Waals surface area contributed by atoms with Crippen molar-refractivity contribution in [2.24, 2.45) is 7.05 Å². The lowest BCUT2D eigenvalue weighted by Gasteiger charge is -2.17. The zero-order valence-corrected chi connectivity index (χ0v) is 15.0. The molecule has 0 radical (unpaired) electrons. The lowest BCUT2D eigenvalue weighted by molar-refractivity contribution is -0.617. The van der Waals surface area contributed by atoms with E-state index in [4.69, 9.17) is 0 Å². The fourth-order valence-corrected chi connectivity index (χ4v) is 3.96. The summed E-state index contributed by atoms with van der Waals surface area (Å²) in [6.45, 7) is 0. The Hall–Kier alpha value is -3.86. The number of carbonyl (C=O) groups excluding carboxylic acids is 3. The van der Waals surface area contributed by atoms with Crippen LogP contribution in [0.25, 0.3) is 21.8 Å². The number of aromatic nitrogens is 1. The summed E-state index contributed by atoms with van der Waals surface area (Å²) < 4.78 is 2.02. The van der Waals surface area contributed by atoms with Crippen LogP contribution in [0.15, 0.2) is 72.8 Å². The number of imide groups is 1. The number of benzene rings is 3. The summed E-state index contributed by atoms with van der Waals surface area (Å²) in [7, 11) is 1.94. The number of pyridine rings is 1. The van der Waals surface area contributed by atoms with Crippen molar-refractivity contribution in [2.75, 3.05) is 4.90 Å². The molecule has 1 aliphatic rings. The van der Waals surface area contributed by atoms with E-state index in [9.17, 15) is 14.4 Å². The van der Waals surface area contributed by atoms with Crippen LogP contribution >= 0.6 is 0 Å². The number of hydrogen-bond donors (Lipinski definition) is 0. The molecule has 0 bridgehead atoms. The number of amides is 2. The molecule has 0 unspecified atom stereocenters. The van der Waals surface area contributed by atoms with Crippen molar-refractivity contribution in [2.45, 2.75) is 0 Å². The van der Waals surface area contributed by atoms with E-state index < -0.39 is 17.6 Å². The van der Waals surface area contributed by atoms with Gasteiger partial charge in [-0.3, -0.25) is 14.4 Å². The normalized spacial score (nSPS) is 13.4. The SMILES string of the molecule is C[n+]1c2ccccc2c(C(=O)N2C(=O)C(=O)c3ccccc32)c2ccccc21. The minimum atomic E-state index is -0.812. The Morgan fingerprint density at radius 2 is 1.32 bits per heavy atom. The Morgan fingerprint density at radius 3 is 1.96 bits per heavy atom. The second-order valence-electron chi connectivity index (χ2n) is 6.76. The first kappa shape index (κ1) is 16.3. The Kier molecular flexibility index (Phi) is 3.39. The van der Waals surface area contributed by atoms with Crippen LogP contribution in [0, 0.1) is 0 Å². The van der Waals surface area contributed by atoms with Gasteiger partial charge in [-0.1, -0.05) is 36.4 Å². The van der Waals surface area contributed by atoms with Crippen molar-refractivity contribution >= 4 is 45.1 Å². The molecule has 2 amide bonds. The second kappa shape index (κ2) is 5.82. The van der Waals surface area contributed by atoms with Gasteiger partial charge < -0.3 is 0 Å². The molecule has 5 nitrogen and oxygen atoms in total. The topological polar surface area (TPSA) is 58.3 Å². The first-order valence-electron chi connectivity index (χ1n) is 8.91. The van der Waals surface area contributed by atoms with Gasteiger partial charge in [-0.25, -0.2) is 4.90 Å². The first-order chi connectivity index (χ1) is 13.6. The zero-order chi connectivity index (χ0) is 19.4. The third-order valence-corrected chi connectivity index (χ3v) is 5.27. The van der Waals surface area contributed by atoms with Gasteiger partial charge in [0.05, 0.1) is 27.6 Å². The van der Waals surface area contributed by atoms with Gasteiger partial charge in [-0.05, 0) is 24.3 Å². The summed E-state index contributed by atoms with van der Waals surface area (Å²) in [6, 6.07) is 21.7. The average Bonchev–Trinajstić information content (AvgIpc) is 2.99.